The van der Waals surface area contributed by atoms with Crippen molar-refractivity contribution in [3.8, 4) is 11.4 Å². The molecule has 0 amide bonds. The molecule has 2 aromatic carbocycles. The second kappa shape index (κ2) is 6.52. The molecule has 0 aliphatic rings. The maximum Gasteiger partial charge on any atom is 0.336 e. The van der Waals surface area contributed by atoms with Gasteiger partial charge in [-0.15, -0.1) is 0 Å². The second-order valence-electron chi connectivity index (χ2n) is 6.25. The van der Waals surface area contributed by atoms with E-state index in [4.69, 9.17) is 9.15 Å². The van der Waals surface area contributed by atoms with Crippen molar-refractivity contribution in [3.63, 3.8) is 0 Å². The Morgan fingerprint density at radius 3 is 2.50 bits per heavy atom. The molecule has 0 atom stereocenters. The third-order valence-electron chi connectivity index (χ3n) is 4.19. The van der Waals surface area contributed by atoms with Crippen molar-refractivity contribution in [1.82, 2.24) is 9.78 Å². The molecule has 4 aromatic rings. The lowest BCUT2D eigenvalue weighted by Gasteiger charge is -2.09. The van der Waals surface area contributed by atoms with E-state index in [-0.39, 0.29) is 5.63 Å². The van der Waals surface area contributed by atoms with Crippen molar-refractivity contribution >= 4 is 11.0 Å². The van der Waals surface area contributed by atoms with Crippen LogP contribution in [0.3, 0.4) is 0 Å². The molecule has 2 heterocycles. The number of rotatable bonds is 4. The standard InChI is InChI=1S/C21H18N2O3/c1-14-11-15(2)23(22-14)18-7-3-16(4-8-18)13-25-19-9-5-17-6-10-21(24)26-20(17)12-19/h3-12H,13H2,1-2H3. The fourth-order valence-corrected chi connectivity index (χ4v) is 2.92. The summed E-state index contributed by atoms with van der Waals surface area (Å²) in [6.07, 6.45) is 0. The Bertz CT molecular complexity index is 1120. The molecule has 0 fully saturated rings. The minimum absolute atomic E-state index is 0.366. The summed E-state index contributed by atoms with van der Waals surface area (Å²) in [4.78, 5) is 11.3. The van der Waals surface area contributed by atoms with E-state index in [0.717, 1.165) is 28.0 Å². The van der Waals surface area contributed by atoms with Gasteiger partial charge in [0.1, 0.15) is 17.9 Å². The Hall–Kier alpha value is -3.34. The highest BCUT2D eigenvalue weighted by atomic mass is 16.5. The van der Waals surface area contributed by atoms with Crippen molar-refractivity contribution in [1.29, 1.82) is 0 Å². The van der Waals surface area contributed by atoms with Gasteiger partial charge in [-0.25, -0.2) is 9.48 Å². The topological polar surface area (TPSA) is 57.3 Å². The Kier molecular flexibility index (Phi) is 4.05. The zero-order chi connectivity index (χ0) is 18.1. The van der Waals surface area contributed by atoms with E-state index in [2.05, 4.69) is 11.2 Å². The molecular weight excluding hydrogens is 328 g/mol. The lowest BCUT2D eigenvalue weighted by atomic mass is 10.2. The van der Waals surface area contributed by atoms with Gasteiger partial charge in [-0.2, -0.15) is 5.10 Å². The highest BCUT2D eigenvalue weighted by Crippen LogP contribution is 2.21. The van der Waals surface area contributed by atoms with Gasteiger partial charge in [-0.3, -0.25) is 0 Å². The van der Waals surface area contributed by atoms with Gasteiger partial charge >= 0.3 is 5.63 Å². The smallest absolute Gasteiger partial charge is 0.336 e. The average Bonchev–Trinajstić information content (AvgIpc) is 2.98. The van der Waals surface area contributed by atoms with Gasteiger partial charge in [0, 0.05) is 23.2 Å². The Morgan fingerprint density at radius 2 is 1.77 bits per heavy atom. The van der Waals surface area contributed by atoms with Crippen LogP contribution >= 0.6 is 0 Å². The number of aryl methyl sites for hydroxylation is 2. The van der Waals surface area contributed by atoms with Gasteiger partial charge in [-0.05, 0) is 55.8 Å². The van der Waals surface area contributed by atoms with E-state index in [1.54, 1.807) is 12.1 Å². The minimum Gasteiger partial charge on any atom is -0.489 e. The molecule has 0 saturated carbocycles. The molecule has 5 nitrogen and oxygen atoms in total. The van der Waals surface area contributed by atoms with Crippen LogP contribution in [0.4, 0.5) is 0 Å². The van der Waals surface area contributed by atoms with Crippen LogP contribution in [0.15, 0.2) is 69.9 Å². The number of aromatic nitrogens is 2. The number of ether oxygens (including phenoxy) is 1. The molecule has 4 rings (SSSR count). The number of benzene rings is 2. The molecule has 2 aromatic heterocycles. The molecule has 0 radical (unpaired) electrons. The van der Waals surface area contributed by atoms with Crippen molar-refractivity contribution in [2.45, 2.75) is 20.5 Å². The number of hydrogen-bond donors (Lipinski definition) is 0. The maximum atomic E-state index is 11.3. The highest BCUT2D eigenvalue weighted by molar-refractivity contribution is 5.77. The minimum atomic E-state index is -0.366. The Balaban J connectivity index is 1.49. The summed E-state index contributed by atoms with van der Waals surface area (Å²) in [5.41, 5.74) is 4.32. The maximum absolute atomic E-state index is 11.3. The summed E-state index contributed by atoms with van der Waals surface area (Å²) in [7, 11) is 0. The van der Waals surface area contributed by atoms with Crippen LogP contribution in [0, 0.1) is 13.8 Å². The summed E-state index contributed by atoms with van der Waals surface area (Å²) >= 11 is 0. The fraction of sp³-hybridized carbons (Fsp3) is 0.143. The van der Waals surface area contributed by atoms with Crippen molar-refractivity contribution in [3.05, 3.63) is 88.0 Å². The van der Waals surface area contributed by atoms with E-state index in [1.165, 1.54) is 6.07 Å². The Morgan fingerprint density at radius 1 is 1.00 bits per heavy atom. The Labute approximate surface area is 150 Å². The molecule has 0 spiro atoms. The van der Waals surface area contributed by atoms with E-state index in [9.17, 15) is 4.79 Å². The normalized spacial score (nSPS) is 11.0. The zero-order valence-electron chi connectivity index (χ0n) is 14.6. The van der Waals surface area contributed by atoms with Crippen molar-refractivity contribution in [2.75, 3.05) is 0 Å². The number of hydrogen-bond acceptors (Lipinski definition) is 4. The molecule has 0 unspecified atom stereocenters. The van der Waals surface area contributed by atoms with Crippen LogP contribution in [-0.2, 0) is 6.61 Å². The molecule has 130 valence electrons. The molecule has 26 heavy (non-hydrogen) atoms. The molecular formula is C21H18N2O3. The first-order chi connectivity index (χ1) is 12.6. The first kappa shape index (κ1) is 16.1. The second-order valence-corrected chi connectivity index (χ2v) is 6.25. The van der Waals surface area contributed by atoms with E-state index >= 15 is 0 Å². The molecule has 0 saturated heterocycles. The first-order valence-corrected chi connectivity index (χ1v) is 8.38. The van der Waals surface area contributed by atoms with Gasteiger partial charge in [0.25, 0.3) is 0 Å². The summed E-state index contributed by atoms with van der Waals surface area (Å²) in [6, 6.07) is 18.8. The SMILES string of the molecule is Cc1cc(C)n(-c2ccc(COc3ccc4ccc(=O)oc4c3)cc2)n1. The molecule has 0 N–H and O–H groups in total. The third kappa shape index (κ3) is 3.24. The largest absolute Gasteiger partial charge is 0.489 e. The summed E-state index contributed by atoms with van der Waals surface area (Å²) in [5.74, 6) is 0.662. The molecule has 0 aliphatic heterocycles. The van der Waals surface area contributed by atoms with Crippen LogP contribution in [0.2, 0.25) is 0 Å². The van der Waals surface area contributed by atoms with Crippen LogP contribution in [0.25, 0.3) is 16.7 Å². The third-order valence-corrected chi connectivity index (χ3v) is 4.19. The van der Waals surface area contributed by atoms with Crippen molar-refractivity contribution < 1.29 is 9.15 Å². The van der Waals surface area contributed by atoms with E-state index in [0.29, 0.717) is 17.9 Å². The van der Waals surface area contributed by atoms with E-state index < -0.39 is 0 Å². The highest BCUT2D eigenvalue weighted by Gasteiger charge is 2.05. The average molecular weight is 346 g/mol. The van der Waals surface area contributed by atoms with Gasteiger partial charge < -0.3 is 9.15 Å². The zero-order valence-corrected chi connectivity index (χ0v) is 14.6. The molecule has 0 aliphatic carbocycles. The van der Waals surface area contributed by atoms with Crippen molar-refractivity contribution in [2.24, 2.45) is 0 Å². The van der Waals surface area contributed by atoms with Crippen LogP contribution in [-0.4, -0.2) is 9.78 Å². The summed E-state index contributed by atoms with van der Waals surface area (Å²) in [6.45, 7) is 4.45. The number of nitrogens with zero attached hydrogens (tertiary/aromatic N) is 2. The fourth-order valence-electron chi connectivity index (χ4n) is 2.92. The lowest BCUT2D eigenvalue weighted by molar-refractivity contribution is 0.306. The van der Waals surface area contributed by atoms with E-state index in [1.807, 2.05) is 54.9 Å². The molecule has 0 bridgehead atoms. The molecule has 5 heteroatoms. The monoisotopic (exact) mass is 346 g/mol. The predicted molar refractivity (Wildman–Crippen MR) is 99.9 cm³/mol. The quantitative estimate of drug-likeness (QED) is 0.520. The van der Waals surface area contributed by atoms with Gasteiger partial charge in [0.15, 0.2) is 0 Å². The first-order valence-electron chi connectivity index (χ1n) is 8.38. The van der Waals surface area contributed by atoms with Gasteiger partial charge in [0.2, 0.25) is 0 Å². The van der Waals surface area contributed by atoms with Gasteiger partial charge in [-0.1, -0.05) is 12.1 Å². The lowest BCUT2D eigenvalue weighted by Crippen LogP contribution is -2.00. The van der Waals surface area contributed by atoms with Crippen LogP contribution < -0.4 is 10.4 Å². The summed E-state index contributed by atoms with van der Waals surface area (Å²) in [5, 5.41) is 5.36. The van der Waals surface area contributed by atoms with Gasteiger partial charge in [0.05, 0.1) is 11.4 Å². The summed E-state index contributed by atoms with van der Waals surface area (Å²) < 4.78 is 12.9. The van der Waals surface area contributed by atoms with Crippen LogP contribution in [0.5, 0.6) is 5.75 Å². The van der Waals surface area contributed by atoms with Crippen LogP contribution in [0.1, 0.15) is 17.0 Å². The predicted octanol–water partition coefficient (Wildman–Crippen LogP) is 4.17. The number of fused-ring (bicyclic) bond motifs is 1.